The molecule has 6 atom stereocenters. The van der Waals surface area contributed by atoms with Crippen molar-refractivity contribution in [2.45, 2.75) is 72.1 Å². The summed E-state index contributed by atoms with van der Waals surface area (Å²) in [7, 11) is 0. The molecule has 0 bridgehead atoms. The van der Waals surface area contributed by atoms with Crippen LogP contribution in [0.1, 0.15) is 77.7 Å². The highest BCUT2D eigenvalue weighted by atomic mass is 16.5. The van der Waals surface area contributed by atoms with Gasteiger partial charge in [0.05, 0.1) is 12.8 Å². The summed E-state index contributed by atoms with van der Waals surface area (Å²) in [5.41, 5.74) is 3.28. The zero-order valence-electron chi connectivity index (χ0n) is 19.5. The molecule has 5 rings (SSSR count). The molecule has 4 nitrogen and oxygen atoms in total. The Bertz CT molecular complexity index is 880. The van der Waals surface area contributed by atoms with Gasteiger partial charge in [0.15, 0.2) is 0 Å². The molecule has 3 aliphatic carbocycles. The highest BCUT2D eigenvalue weighted by Crippen LogP contribution is 2.66. The number of carbonyl (C=O) groups excluding carboxylic acids is 1. The number of ether oxygens (including phenoxy) is 1. The van der Waals surface area contributed by atoms with Crippen molar-refractivity contribution in [1.29, 1.82) is 0 Å². The van der Waals surface area contributed by atoms with Gasteiger partial charge in [-0.3, -0.25) is 9.78 Å². The number of pyridine rings is 1. The van der Waals surface area contributed by atoms with Crippen molar-refractivity contribution < 1.29 is 9.53 Å². The summed E-state index contributed by atoms with van der Waals surface area (Å²) in [5.74, 6) is 4.04. The number of fused-ring (bicyclic) bond motifs is 5. The van der Waals surface area contributed by atoms with Crippen molar-refractivity contribution in [3.63, 3.8) is 0 Å². The second-order valence-electron chi connectivity index (χ2n) is 11.0. The van der Waals surface area contributed by atoms with E-state index in [1.165, 1.54) is 43.2 Å². The molecule has 6 unspecified atom stereocenters. The average Bonchev–Trinajstić information content (AvgIpc) is 3.05. The largest absolute Gasteiger partial charge is 0.492 e. The molecule has 0 spiro atoms. The Morgan fingerprint density at radius 3 is 2.87 bits per heavy atom. The highest BCUT2D eigenvalue weighted by molar-refractivity contribution is 5.76. The number of hydrogen-bond donors (Lipinski definition) is 1. The summed E-state index contributed by atoms with van der Waals surface area (Å²) in [6, 6.07) is 2.20. The molecule has 4 heteroatoms. The Hall–Kier alpha value is -1.84. The third-order valence-electron chi connectivity index (χ3n) is 9.58. The van der Waals surface area contributed by atoms with Crippen molar-refractivity contribution in [2.75, 3.05) is 13.2 Å². The van der Waals surface area contributed by atoms with E-state index in [0.717, 1.165) is 43.6 Å². The van der Waals surface area contributed by atoms with Gasteiger partial charge in [-0.15, -0.1) is 0 Å². The lowest BCUT2D eigenvalue weighted by atomic mass is 9.46. The van der Waals surface area contributed by atoms with E-state index in [0.29, 0.717) is 23.7 Å². The lowest BCUT2D eigenvalue weighted by molar-refractivity contribution is -0.121. The van der Waals surface area contributed by atoms with Crippen LogP contribution in [0.4, 0.5) is 0 Å². The minimum Gasteiger partial charge on any atom is -0.492 e. The van der Waals surface area contributed by atoms with Crippen LogP contribution in [-0.4, -0.2) is 24.0 Å². The maximum Gasteiger partial charge on any atom is 0.220 e. The van der Waals surface area contributed by atoms with Gasteiger partial charge in [-0.2, -0.15) is 0 Å². The number of nitrogens with zero attached hydrogens (tertiary/aromatic N) is 1. The first-order valence-corrected chi connectivity index (χ1v) is 12.5. The number of carbonyl (C=O) groups is 1. The SMILES string of the molecule is CCCOc1cncc(C2=CCC3C4CCC5CNC(=O)CCC5(C)C4CCC23C)c1. The number of nitrogens with one attached hydrogen (secondary N) is 1. The van der Waals surface area contributed by atoms with E-state index in [4.69, 9.17) is 4.74 Å². The molecule has 168 valence electrons. The van der Waals surface area contributed by atoms with E-state index >= 15 is 0 Å². The highest BCUT2D eigenvalue weighted by Gasteiger charge is 2.58. The number of amides is 1. The van der Waals surface area contributed by atoms with Gasteiger partial charge >= 0.3 is 0 Å². The predicted octanol–water partition coefficient (Wildman–Crippen LogP) is 5.63. The van der Waals surface area contributed by atoms with Crippen LogP contribution >= 0.6 is 0 Å². The Morgan fingerprint density at radius 1 is 1.16 bits per heavy atom. The van der Waals surface area contributed by atoms with Crippen LogP contribution in [0.15, 0.2) is 24.5 Å². The first kappa shape index (κ1) is 21.0. The fourth-order valence-corrected chi connectivity index (χ4v) is 7.85. The molecule has 1 amide bonds. The Kier molecular flexibility index (Phi) is 5.38. The fraction of sp³-hybridized carbons (Fsp3) is 0.704. The van der Waals surface area contributed by atoms with Gasteiger partial charge in [-0.25, -0.2) is 0 Å². The number of hydrogen-bond acceptors (Lipinski definition) is 3. The summed E-state index contributed by atoms with van der Waals surface area (Å²) in [4.78, 5) is 16.6. The van der Waals surface area contributed by atoms with E-state index in [1.54, 1.807) is 0 Å². The topological polar surface area (TPSA) is 51.2 Å². The van der Waals surface area contributed by atoms with Crippen molar-refractivity contribution in [2.24, 2.45) is 34.5 Å². The minimum absolute atomic E-state index is 0.230. The molecule has 1 aromatic rings. The van der Waals surface area contributed by atoms with E-state index < -0.39 is 0 Å². The predicted molar refractivity (Wildman–Crippen MR) is 124 cm³/mol. The molecular formula is C27H38N2O2. The molecule has 0 radical (unpaired) electrons. The standard InChI is InChI=1S/C27H38N2O2/c1-4-13-31-20-14-18(15-28-17-20)22-7-8-23-21-6-5-19-16-29-25(30)10-12-26(19,2)24(21)9-11-27(22,23)3/h7,14-15,17,19,21,23-24H,4-6,8-13,16H2,1-3H3,(H,29,30). The molecule has 3 fully saturated rings. The normalized spacial score (nSPS) is 39.5. The van der Waals surface area contributed by atoms with E-state index in [9.17, 15) is 4.79 Å². The first-order chi connectivity index (χ1) is 15.0. The van der Waals surface area contributed by atoms with Crippen LogP contribution in [0.3, 0.4) is 0 Å². The average molecular weight is 423 g/mol. The van der Waals surface area contributed by atoms with Crippen molar-refractivity contribution >= 4 is 11.5 Å². The monoisotopic (exact) mass is 422 g/mol. The molecule has 2 heterocycles. The Morgan fingerprint density at radius 2 is 2.03 bits per heavy atom. The molecule has 2 saturated carbocycles. The molecule has 1 aliphatic heterocycles. The second kappa shape index (κ2) is 7.94. The van der Waals surface area contributed by atoms with Gasteiger partial charge in [-0.1, -0.05) is 26.8 Å². The van der Waals surface area contributed by atoms with Crippen LogP contribution < -0.4 is 10.1 Å². The molecular weight excluding hydrogens is 384 g/mol. The van der Waals surface area contributed by atoms with Gasteiger partial charge in [0.1, 0.15) is 5.75 Å². The van der Waals surface area contributed by atoms with Crippen molar-refractivity contribution in [1.82, 2.24) is 10.3 Å². The van der Waals surface area contributed by atoms with E-state index in [-0.39, 0.29) is 11.3 Å². The Labute approximate surface area is 187 Å². The molecule has 31 heavy (non-hydrogen) atoms. The summed E-state index contributed by atoms with van der Waals surface area (Å²) >= 11 is 0. The van der Waals surface area contributed by atoms with Crippen LogP contribution in [0, 0.1) is 34.5 Å². The van der Waals surface area contributed by atoms with Crippen LogP contribution in [-0.2, 0) is 4.79 Å². The van der Waals surface area contributed by atoms with Crippen LogP contribution in [0.25, 0.3) is 5.57 Å². The van der Waals surface area contributed by atoms with Gasteiger partial charge in [-0.05, 0) is 96.7 Å². The van der Waals surface area contributed by atoms with E-state index in [1.807, 2.05) is 12.4 Å². The quantitative estimate of drug-likeness (QED) is 0.684. The smallest absolute Gasteiger partial charge is 0.220 e. The van der Waals surface area contributed by atoms with Crippen molar-refractivity contribution in [3.8, 4) is 5.75 Å². The maximum absolute atomic E-state index is 12.1. The molecule has 4 aliphatic rings. The second-order valence-corrected chi connectivity index (χ2v) is 11.0. The number of allylic oxidation sites excluding steroid dienone is 2. The van der Waals surface area contributed by atoms with Crippen LogP contribution in [0.2, 0.25) is 0 Å². The molecule has 1 N–H and O–H groups in total. The van der Waals surface area contributed by atoms with Crippen LogP contribution in [0.5, 0.6) is 5.75 Å². The molecule has 1 aromatic heterocycles. The summed E-state index contributed by atoms with van der Waals surface area (Å²) in [5, 5.41) is 3.20. The molecule has 1 saturated heterocycles. The van der Waals surface area contributed by atoms with Gasteiger partial charge < -0.3 is 10.1 Å². The summed E-state index contributed by atoms with van der Waals surface area (Å²) in [6.07, 6.45) is 15.5. The van der Waals surface area contributed by atoms with E-state index in [2.05, 4.69) is 43.2 Å². The number of rotatable bonds is 4. The zero-order valence-corrected chi connectivity index (χ0v) is 19.5. The third kappa shape index (κ3) is 3.41. The zero-order chi connectivity index (χ0) is 21.6. The lowest BCUT2D eigenvalue weighted by Crippen LogP contribution is -2.52. The summed E-state index contributed by atoms with van der Waals surface area (Å²) in [6.45, 7) is 8.79. The van der Waals surface area contributed by atoms with Gasteiger partial charge in [0, 0.05) is 19.2 Å². The summed E-state index contributed by atoms with van der Waals surface area (Å²) < 4.78 is 5.88. The lowest BCUT2D eigenvalue weighted by Gasteiger charge is -2.58. The Balaban J connectivity index is 1.40. The van der Waals surface area contributed by atoms with Crippen molar-refractivity contribution in [3.05, 3.63) is 30.1 Å². The van der Waals surface area contributed by atoms with Gasteiger partial charge in [0.25, 0.3) is 0 Å². The van der Waals surface area contributed by atoms with Gasteiger partial charge in [0.2, 0.25) is 5.91 Å². The minimum atomic E-state index is 0.230. The fourth-order valence-electron chi connectivity index (χ4n) is 7.85. The molecule has 0 aromatic carbocycles. The maximum atomic E-state index is 12.1. The first-order valence-electron chi connectivity index (χ1n) is 12.5. The number of aromatic nitrogens is 1. The third-order valence-corrected chi connectivity index (χ3v) is 9.58.